The number of nitrogens with zero attached hydrogens (tertiary/aromatic N) is 1. The largest absolute Gasteiger partial charge is 0.416 e. The summed E-state index contributed by atoms with van der Waals surface area (Å²) in [6.45, 7) is 0.972. The molecule has 1 aromatic rings. The van der Waals surface area contributed by atoms with Crippen LogP contribution in [0.25, 0.3) is 0 Å². The maximum Gasteiger partial charge on any atom is 0.416 e. The van der Waals surface area contributed by atoms with Crippen molar-refractivity contribution in [1.82, 2.24) is 10.2 Å². The van der Waals surface area contributed by atoms with Crippen molar-refractivity contribution in [2.45, 2.75) is 31.6 Å². The Labute approximate surface area is 161 Å². The summed E-state index contributed by atoms with van der Waals surface area (Å²) in [4.78, 5) is 36.5. The molecule has 1 fully saturated rings. The molecule has 0 bridgehead atoms. The highest BCUT2D eigenvalue weighted by Gasteiger charge is 2.37. The van der Waals surface area contributed by atoms with E-state index in [0.29, 0.717) is 38.1 Å². The van der Waals surface area contributed by atoms with Gasteiger partial charge in [-0.25, -0.2) is 0 Å². The van der Waals surface area contributed by atoms with Gasteiger partial charge in [0.25, 0.3) is 0 Å². The van der Waals surface area contributed by atoms with E-state index in [9.17, 15) is 40.7 Å². The second kappa shape index (κ2) is 8.70. The predicted octanol–water partition coefficient (Wildman–Crippen LogP) is 2.79. The average molecular weight is 425 g/mol. The topological polar surface area (TPSA) is 78.5 Å². The number of hydrogen-bond donors (Lipinski definition) is 2. The fourth-order valence-electron chi connectivity index (χ4n) is 2.71. The van der Waals surface area contributed by atoms with Gasteiger partial charge in [0.1, 0.15) is 0 Å². The number of benzene rings is 1. The number of likely N-dealkylation sites (tertiary alicyclic amines) is 1. The van der Waals surface area contributed by atoms with Gasteiger partial charge in [-0.2, -0.15) is 26.3 Å². The van der Waals surface area contributed by atoms with Crippen molar-refractivity contribution in [2.24, 2.45) is 0 Å². The normalized spacial score (nSPS) is 14.8. The van der Waals surface area contributed by atoms with Crippen molar-refractivity contribution in [3.05, 3.63) is 29.3 Å². The van der Waals surface area contributed by atoms with Crippen LogP contribution in [-0.4, -0.2) is 42.3 Å². The molecule has 1 aliphatic heterocycles. The van der Waals surface area contributed by atoms with Crippen molar-refractivity contribution >= 4 is 23.4 Å². The van der Waals surface area contributed by atoms with Gasteiger partial charge in [-0.05, 0) is 31.0 Å². The summed E-state index contributed by atoms with van der Waals surface area (Å²) >= 11 is 0. The molecule has 0 spiro atoms. The number of hydrogen-bond acceptors (Lipinski definition) is 3. The molecule has 160 valence electrons. The van der Waals surface area contributed by atoms with E-state index in [4.69, 9.17) is 0 Å². The number of carbonyl (C=O) groups excluding carboxylic acids is 3. The summed E-state index contributed by atoms with van der Waals surface area (Å²) in [5, 5.41) is 3.94. The van der Waals surface area contributed by atoms with Crippen LogP contribution in [-0.2, 0) is 26.7 Å². The summed E-state index contributed by atoms with van der Waals surface area (Å²) in [7, 11) is 0. The quantitative estimate of drug-likeness (QED) is 0.433. The van der Waals surface area contributed by atoms with Crippen LogP contribution >= 0.6 is 0 Å². The molecule has 0 radical (unpaired) electrons. The minimum atomic E-state index is -5.07. The van der Waals surface area contributed by atoms with E-state index in [1.165, 1.54) is 0 Å². The summed E-state index contributed by atoms with van der Waals surface area (Å²) in [5.41, 5.74) is -4.04. The smallest absolute Gasteiger partial charge is 0.348 e. The lowest BCUT2D eigenvalue weighted by atomic mass is 10.1. The lowest BCUT2D eigenvalue weighted by Gasteiger charge is -2.16. The fraction of sp³-hybridized carbons (Fsp3) is 0.471. The molecule has 1 aliphatic rings. The number of anilines is 1. The molecule has 1 heterocycles. The van der Waals surface area contributed by atoms with Crippen LogP contribution in [0.15, 0.2) is 18.2 Å². The number of carbonyl (C=O) groups is 3. The van der Waals surface area contributed by atoms with Crippen LogP contribution in [0.2, 0.25) is 0 Å². The van der Waals surface area contributed by atoms with E-state index in [1.807, 2.05) is 0 Å². The van der Waals surface area contributed by atoms with Crippen molar-refractivity contribution in [3.8, 4) is 0 Å². The Morgan fingerprint density at radius 1 is 0.966 bits per heavy atom. The number of halogens is 6. The Morgan fingerprint density at radius 3 is 2.03 bits per heavy atom. The molecule has 6 nitrogen and oxygen atoms in total. The van der Waals surface area contributed by atoms with Crippen LogP contribution < -0.4 is 10.6 Å². The monoisotopic (exact) mass is 425 g/mol. The van der Waals surface area contributed by atoms with Crippen molar-refractivity contribution in [3.63, 3.8) is 0 Å². The van der Waals surface area contributed by atoms with E-state index in [2.05, 4.69) is 5.32 Å². The molecule has 29 heavy (non-hydrogen) atoms. The SMILES string of the molecule is O=C(NCCCN1CCCC1=O)C(=O)Nc1cc(C(F)(F)F)cc(C(F)(F)F)c1. The Kier molecular flexibility index (Phi) is 6.75. The molecule has 0 saturated carbocycles. The van der Waals surface area contributed by atoms with Crippen LogP contribution in [0.3, 0.4) is 0 Å². The first-order valence-electron chi connectivity index (χ1n) is 8.54. The molecule has 0 aliphatic carbocycles. The number of nitrogens with one attached hydrogen (secondary N) is 2. The third-order valence-electron chi connectivity index (χ3n) is 4.11. The van der Waals surface area contributed by atoms with E-state index in [-0.39, 0.29) is 18.5 Å². The predicted molar refractivity (Wildman–Crippen MR) is 88.5 cm³/mol. The first-order chi connectivity index (χ1) is 13.4. The summed E-state index contributed by atoms with van der Waals surface area (Å²) in [6.07, 6.45) is -8.62. The van der Waals surface area contributed by atoms with Gasteiger partial charge in [-0.15, -0.1) is 0 Å². The maximum atomic E-state index is 12.8. The minimum absolute atomic E-state index is 0.00637. The number of rotatable bonds is 5. The zero-order valence-corrected chi connectivity index (χ0v) is 14.9. The molecule has 0 aromatic heterocycles. The van der Waals surface area contributed by atoms with Gasteiger partial charge in [0.2, 0.25) is 5.91 Å². The molecule has 1 aromatic carbocycles. The summed E-state index contributed by atoms with van der Waals surface area (Å²) in [6, 6.07) is 0.522. The Balaban J connectivity index is 1.96. The fourth-order valence-corrected chi connectivity index (χ4v) is 2.71. The molecular weight excluding hydrogens is 408 g/mol. The molecule has 2 N–H and O–H groups in total. The first kappa shape index (κ1) is 22.5. The number of alkyl halides is 6. The van der Waals surface area contributed by atoms with Crippen molar-refractivity contribution in [2.75, 3.05) is 25.0 Å². The molecule has 0 atom stereocenters. The van der Waals surface area contributed by atoms with Gasteiger partial charge in [0.05, 0.1) is 11.1 Å². The van der Waals surface area contributed by atoms with Crippen molar-refractivity contribution < 1.29 is 40.7 Å². The average Bonchev–Trinajstić information content (AvgIpc) is 3.01. The Hall–Kier alpha value is -2.79. The van der Waals surface area contributed by atoms with Crippen LogP contribution in [0.4, 0.5) is 32.0 Å². The summed E-state index contributed by atoms with van der Waals surface area (Å²) in [5.74, 6) is -2.64. The molecule has 3 amide bonds. The van der Waals surface area contributed by atoms with Crippen molar-refractivity contribution in [1.29, 1.82) is 0 Å². The molecular formula is C17H17F6N3O3. The highest BCUT2D eigenvalue weighted by Crippen LogP contribution is 2.37. The second-order valence-electron chi connectivity index (χ2n) is 6.34. The maximum absolute atomic E-state index is 12.8. The molecule has 1 saturated heterocycles. The van der Waals surface area contributed by atoms with Gasteiger partial charge in [-0.1, -0.05) is 0 Å². The lowest BCUT2D eigenvalue weighted by Crippen LogP contribution is -2.37. The van der Waals surface area contributed by atoms with Gasteiger partial charge >= 0.3 is 24.2 Å². The highest BCUT2D eigenvalue weighted by atomic mass is 19.4. The van der Waals surface area contributed by atoms with Gasteiger partial charge < -0.3 is 15.5 Å². The van der Waals surface area contributed by atoms with E-state index < -0.39 is 41.0 Å². The van der Waals surface area contributed by atoms with Gasteiger partial charge in [-0.3, -0.25) is 14.4 Å². The highest BCUT2D eigenvalue weighted by molar-refractivity contribution is 6.39. The Bertz CT molecular complexity index is 759. The van der Waals surface area contributed by atoms with Crippen LogP contribution in [0.1, 0.15) is 30.4 Å². The summed E-state index contributed by atoms with van der Waals surface area (Å²) < 4.78 is 76.8. The second-order valence-corrected chi connectivity index (χ2v) is 6.34. The molecule has 0 unspecified atom stereocenters. The third-order valence-corrected chi connectivity index (χ3v) is 4.11. The third kappa shape index (κ3) is 6.36. The van der Waals surface area contributed by atoms with Crippen LogP contribution in [0.5, 0.6) is 0 Å². The molecule has 12 heteroatoms. The lowest BCUT2D eigenvalue weighted by molar-refractivity contribution is -0.143. The van der Waals surface area contributed by atoms with E-state index >= 15 is 0 Å². The molecule has 2 rings (SSSR count). The minimum Gasteiger partial charge on any atom is -0.348 e. The number of amides is 3. The standard InChI is InChI=1S/C17H17F6N3O3/c18-16(19,20)10-7-11(17(21,22)23)9-12(8-10)25-15(29)14(28)24-4-2-6-26-5-1-3-13(26)27/h7-9H,1-6H2,(H,24,28)(H,25,29). The Morgan fingerprint density at radius 2 is 1.55 bits per heavy atom. The van der Waals surface area contributed by atoms with E-state index in [1.54, 1.807) is 10.2 Å². The zero-order chi connectivity index (χ0) is 21.8. The first-order valence-corrected chi connectivity index (χ1v) is 8.54. The zero-order valence-electron chi connectivity index (χ0n) is 14.9. The van der Waals surface area contributed by atoms with Crippen LogP contribution in [0, 0.1) is 0 Å². The van der Waals surface area contributed by atoms with Gasteiger partial charge in [0, 0.05) is 31.7 Å². The van der Waals surface area contributed by atoms with Gasteiger partial charge in [0.15, 0.2) is 0 Å². The van der Waals surface area contributed by atoms with E-state index in [0.717, 1.165) is 6.42 Å².